The van der Waals surface area contributed by atoms with E-state index in [1.165, 1.54) is 0 Å². The first-order valence-corrected chi connectivity index (χ1v) is 7.52. The molecule has 19 heavy (non-hydrogen) atoms. The number of unbranched alkanes of at least 4 members (excludes halogenated alkanes) is 2. The molecule has 3 N–H and O–H groups in total. The largest absolute Gasteiger partial charge is 0.347 e. The smallest absolute Gasteiger partial charge is 0.220 e. The van der Waals surface area contributed by atoms with E-state index < -0.39 is 0 Å². The Morgan fingerprint density at radius 1 is 1.21 bits per heavy atom. The molecule has 0 heterocycles. The summed E-state index contributed by atoms with van der Waals surface area (Å²) >= 11 is 3.41. The van der Waals surface area contributed by atoms with E-state index in [2.05, 4.69) is 21.2 Å². The number of halogens is 1. The molecule has 0 radical (unpaired) electrons. The molecule has 3 nitrogen and oxygen atoms in total. The minimum atomic E-state index is -0.342. The predicted molar refractivity (Wildman–Crippen MR) is 82.8 cm³/mol. The Labute approximate surface area is 124 Å². The van der Waals surface area contributed by atoms with Crippen LogP contribution in [0, 0.1) is 0 Å². The van der Waals surface area contributed by atoms with Gasteiger partial charge < -0.3 is 11.1 Å². The number of hydrogen-bond donors (Lipinski definition) is 2. The van der Waals surface area contributed by atoms with Crippen LogP contribution in [0.25, 0.3) is 0 Å². The standard InChI is InChI=1S/C15H23BrN2O/c1-15(2,12-7-9-13(16)10-8-12)18-14(19)6-4-3-5-11-17/h7-10H,3-6,11,17H2,1-2H3,(H,18,19). The number of nitrogens with one attached hydrogen (secondary N) is 1. The van der Waals surface area contributed by atoms with Crippen LogP contribution in [0.5, 0.6) is 0 Å². The lowest BCUT2D eigenvalue weighted by Gasteiger charge is -2.27. The Morgan fingerprint density at radius 3 is 2.42 bits per heavy atom. The average Bonchev–Trinajstić information content (AvgIpc) is 2.34. The van der Waals surface area contributed by atoms with Gasteiger partial charge in [0, 0.05) is 10.9 Å². The number of amides is 1. The molecule has 1 amide bonds. The van der Waals surface area contributed by atoms with Gasteiger partial charge in [0.15, 0.2) is 0 Å². The van der Waals surface area contributed by atoms with Gasteiger partial charge in [-0.05, 0) is 50.9 Å². The summed E-state index contributed by atoms with van der Waals surface area (Å²) in [7, 11) is 0. The van der Waals surface area contributed by atoms with E-state index in [1.54, 1.807) is 0 Å². The van der Waals surface area contributed by atoms with Crippen molar-refractivity contribution in [1.29, 1.82) is 0 Å². The van der Waals surface area contributed by atoms with E-state index in [-0.39, 0.29) is 11.4 Å². The van der Waals surface area contributed by atoms with Gasteiger partial charge >= 0.3 is 0 Å². The highest BCUT2D eigenvalue weighted by Crippen LogP contribution is 2.22. The van der Waals surface area contributed by atoms with Crippen molar-refractivity contribution in [2.24, 2.45) is 5.73 Å². The molecule has 0 aliphatic heterocycles. The van der Waals surface area contributed by atoms with Crippen molar-refractivity contribution in [2.45, 2.75) is 45.1 Å². The highest BCUT2D eigenvalue weighted by molar-refractivity contribution is 9.10. The van der Waals surface area contributed by atoms with E-state index in [0.29, 0.717) is 13.0 Å². The molecule has 1 rings (SSSR count). The normalized spacial score (nSPS) is 11.4. The Morgan fingerprint density at radius 2 is 1.84 bits per heavy atom. The van der Waals surface area contributed by atoms with E-state index >= 15 is 0 Å². The van der Waals surface area contributed by atoms with Gasteiger partial charge in [-0.25, -0.2) is 0 Å². The van der Waals surface area contributed by atoms with Crippen LogP contribution >= 0.6 is 15.9 Å². The second-order valence-corrected chi connectivity index (χ2v) is 6.20. The fraction of sp³-hybridized carbons (Fsp3) is 0.533. The summed E-state index contributed by atoms with van der Waals surface area (Å²) in [5, 5.41) is 3.08. The van der Waals surface area contributed by atoms with Crippen molar-refractivity contribution >= 4 is 21.8 Å². The Balaban J connectivity index is 2.49. The topological polar surface area (TPSA) is 55.1 Å². The van der Waals surface area contributed by atoms with Crippen molar-refractivity contribution in [3.8, 4) is 0 Å². The third kappa shape index (κ3) is 5.74. The number of nitrogens with two attached hydrogens (primary N) is 1. The maximum Gasteiger partial charge on any atom is 0.220 e. The fourth-order valence-electron chi connectivity index (χ4n) is 1.96. The quantitative estimate of drug-likeness (QED) is 0.755. The first-order chi connectivity index (χ1) is 8.95. The van der Waals surface area contributed by atoms with Crippen LogP contribution in [-0.4, -0.2) is 12.5 Å². The van der Waals surface area contributed by atoms with Crippen LogP contribution in [0.1, 0.15) is 45.1 Å². The fourth-order valence-corrected chi connectivity index (χ4v) is 2.22. The Hall–Kier alpha value is -0.870. The van der Waals surface area contributed by atoms with Gasteiger partial charge in [0.2, 0.25) is 5.91 Å². The van der Waals surface area contributed by atoms with E-state index in [4.69, 9.17) is 5.73 Å². The maximum absolute atomic E-state index is 11.9. The van der Waals surface area contributed by atoms with Crippen LogP contribution in [-0.2, 0) is 10.3 Å². The summed E-state index contributed by atoms with van der Waals surface area (Å²) in [5.74, 6) is 0.102. The molecule has 1 aromatic carbocycles. The zero-order chi connectivity index (χ0) is 14.3. The summed E-state index contributed by atoms with van der Waals surface area (Å²) in [6, 6.07) is 8.03. The molecule has 4 heteroatoms. The molecule has 0 atom stereocenters. The lowest BCUT2D eigenvalue weighted by Crippen LogP contribution is -2.40. The van der Waals surface area contributed by atoms with Crippen LogP contribution in [0.15, 0.2) is 28.7 Å². The van der Waals surface area contributed by atoms with Crippen molar-refractivity contribution in [1.82, 2.24) is 5.32 Å². The Kier molecular flexibility index (Phi) is 6.52. The molecule has 0 aromatic heterocycles. The number of benzene rings is 1. The summed E-state index contributed by atoms with van der Waals surface area (Å²) in [6.07, 6.45) is 3.48. The van der Waals surface area contributed by atoms with Gasteiger partial charge in [-0.1, -0.05) is 34.5 Å². The Bertz CT molecular complexity index is 401. The number of carbonyl (C=O) groups is 1. The molecule has 0 aliphatic rings. The van der Waals surface area contributed by atoms with Crippen molar-refractivity contribution in [2.75, 3.05) is 6.54 Å². The van der Waals surface area contributed by atoms with Gasteiger partial charge in [-0.3, -0.25) is 4.79 Å². The minimum absolute atomic E-state index is 0.102. The van der Waals surface area contributed by atoms with Crippen molar-refractivity contribution in [3.63, 3.8) is 0 Å². The van der Waals surface area contributed by atoms with Crippen molar-refractivity contribution < 1.29 is 4.79 Å². The van der Waals surface area contributed by atoms with Gasteiger partial charge in [-0.15, -0.1) is 0 Å². The minimum Gasteiger partial charge on any atom is -0.347 e. The molecule has 0 fully saturated rings. The molecule has 0 spiro atoms. The van der Waals surface area contributed by atoms with Crippen LogP contribution in [0.2, 0.25) is 0 Å². The van der Waals surface area contributed by atoms with E-state index in [1.807, 2.05) is 38.1 Å². The molecular formula is C15H23BrN2O. The molecule has 0 aliphatic carbocycles. The van der Waals surface area contributed by atoms with Gasteiger partial charge in [0.25, 0.3) is 0 Å². The van der Waals surface area contributed by atoms with E-state index in [0.717, 1.165) is 29.3 Å². The molecule has 0 saturated heterocycles. The van der Waals surface area contributed by atoms with Gasteiger partial charge in [-0.2, -0.15) is 0 Å². The first kappa shape index (κ1) is 16.2. The lowest BCUT2D eigenvalue weighted by molar-refractivity contribution is -0.122. The molecular weight excluding hydrogens is 304 g/mol. The van der Waals surface area contributed by atoms with Gasteiger partial charge in [0.05, 0.1) is 5.54 Å². The maximum atomic E-state index is 11.9. The monoisotopic (exact) mass is 326 g/mol. The highest BCUT2D eigenvalue weighted by Gasteiger charge is 2.22. The third-order valence-electron chi connectivity index (χ3n) is 3.13. The molecule has 1 aromatic rings. The predicted octanol–water partition coefficient (Wildman–Crippen LogP) is 3.32. The van der Waals surface area contributed by atoms with Crippen molar-refractivity contribution in [3.05, 3.63) is 34.3 Å². The SMILES string of the molecule is CC(C)(NC(=O)CCCCCN)c1ccc(Br)cc1. The van der Waals surface area contributed by atoms with Crippen LogP contribution in [0.4, 0.5) is 0 Å². The van der Waals surface area contributed by atoms with Gasteiger partial charge in [0.1, 0.15) is 0 Å². The van der Waals surface area contributed by atoms with E-state index in [9.17, 15) is 4.79 Å². The summed E-state index contributed by atoms with van der Waals surface area (Å²) in [4.78, 5) is 11.9. The number of carbonyl (C=O) groups excluding carboxylic acids is 1. The first-order valence-electron chi connectivity index (χ1n) is 6.73. The molecule has 0 bridgehead atoms. The summed E-state index contributed by atoms with van der Waals surface area (Å²) in [5.41, 5.74) is 6.19. The zero-order valence-corrected chi connectivity index (χ0v) is 13.3. The zero-order valence-electron chi connectivity index (χ0n) is 11.7. The summed E-state index contributed by atoms with van der Waals surface area (Å²) in [6.45, 7) is 4.74. The van der Waals surface area contributed by atoms with Crippen LogP contribution in [0.3, 0.4) is 0 Å². The van der Waals surface area contributed by atoms with Crippen LogP contribution < -0.4 is 11.1 Å². The second kappa shape index (κ2) is 7.65. The molecule has 106 valence electrons. The number of hydrogen-bond acceptors (Lipinski definition) is 2. The average molecular weight is 327 g/mol. The summed E-state index contributed by atoms with van der Waals surface area (Å²) < 4.78 is 1.04. The molecule has 0 unspecified atom stereocenters. The highest BCUT2D eigenvalue weighted by atomic mass is 79.9. The third-order valence-corrected chi connectivity index (χ3v) is 3.65. The second-order valence-electron chi connectivity index (χ2n) is 5.28. The number of rotatable bonds is 7. The molecule has 0 saturated carbocycles. The lowest BCUT2D eigenvalue weighted by atomic mass is 9.94.